The number of nitrogens with one attached hydrogen (secondary N) is 1. The first-order valence-corrected chi connectivity index (χ1v) is 9.17. The lowest BCUT2D eigenvalue weighted by molar-refractivity contribution is -0.113. The summed E-state index contributed by atoms with van der Waals surface area (Å²) in [5.41, 5.74) is 1.68. The standard InChI is InChI=1S/C19H19N3O4S/c1-24-15-9-14(10-16(11-15)25-2)20-17(23)12-27-19-22-21-18(26-19)8-13-6-4-3-5-7-13/h3-7,9-11H,8,12H2,1-2H3,(H,20,23). The van der Waals surface area contributed by atoms with E-state index in [2.05, 4.69) is 15.5 Å². The van der Waals surface area contributed by atoms with E-state index in [0.717, 1.165) is 5.56 Å². The maximum Gasteiger partial charge on any atom is 0.277 e. The average Bonchev–Trinajstić information content (AvgIpc) is 3.14. The van der Waals surface area contributed by atoms with E-state index in [1.165, 1.54) is 11.8 Å². The third-order valence-corrected chi connectivity index (χ3v) is 4.43. The summed E-state index contributed by atoms with van der Waals surface area (Å²) in [6, 6.07) is 15.0. The van der Waals surface area contributed by atoms with Crippen LogP contribution in [0.3, 0.4) is 0 Å². The minimum Gasteiger partial charge on any atom is -0.497 e. The van der Waals surface area contributed by atoms with Crippen LogP contribution in [0.5, 0.6) is 11.5 Å². The molecule has 0 aliphatic rings. The summed E-state index contributed by atoms with van der Waals surface area (Å²) in [5, 5.41) is 11.1. The Morgan fingerprint density at radius 2 is 1.78 bits per heavy atom. The number of amides is 1. The molecule has 1 amide bonds. The molecule has 0 atom stereocenters. The van der Waals surface area contributed by atoms with Gasteiger partial charge in [0.15, 0.2) is 0 Å². The third-order valence-electron chi connectivity index (χ3n) is 3.61. The lowest BCUT2D eigenvalue weighted by Crippen LogP contribution is -2.14. The van der Waals surface area contributed by atoms with Crippen LogP contribution in [-0.2, 0) is 11.2 Å². The van der Waals surface area contributed by atoms with Gasteiger partial charge in [0, 0.05) is 23.9 Å². The Morgan fingerprint density at radius 3 is 2.44 bits per heavy atom. The van der Waals surface area contributed by atoms with Crippen LogP contribution in [0.25, 0.3) is 0 Å². The highest BCUT2D eigenvalue weighted by molar-refractivity contribution is 7.99. The molecular formula is C19H19N3O4S. The molecule has 0 saturated heterocycles. The van der Waals surface area contributed by atoms with Crippen molar-refractivity contribution < 1.29 is 18.7 Å². The number of aromatic nitrogens is 2. The number of rotatable bonds is 8. The number of carbonyl (C=O) groups excluding carboxylic acids is 1. The van der Waals surface area contributed by atoms with Crippen molar-refractivity contribution in [2.24, 2.45) is 0 Å². The topological polar surface area (TPSA) is 86.5 Å². The predicted molar refractivity (Wildman–Crippen MR) is 102 cm³/mol. The SMILES string of the molecule is COc1cc(NC(=O)CSc2nnc(Cc3ccccc3)o2)cc(OC)c1. The van der Waals surface area contributed by atoms with Gasteiger partial charge in [-0.25, -0.2) is 0 Å². The van der Waals surface area contributed by atoms with Gasteiger partial charge in [-0.05, 0) is 5.56 Å². The van der Waals surface area contributed by atoms with Gasteiger partial charge < -0.3 is 19.2 Å². The molecule has 1 aromatic heterocycles. The van der Waals surface area contributed by atoms with Crippen molar-refractivity contribution >= 4 is 23.4 Å². The van der Waals surface area contributed by atoms with Gasteiger partial charge in [0.05, 0.1) is 26.4 Å². The van der Waals surface area contributed by atoms with Crippen molar-refractivity contribution in [3.05, 3.63) is 60.0 Å². The minimum atomic E-state index is -0.196. The van der Waals surface area contributed by atoms with Crippen molar-refractivity contribution in [3.8, 4) is 11.5 Å². The van der Waals surface area contributed by atoms with Crippen LogP contribution in [-0.4, -0.2) is 36.1 Å². The van der Waals surface area contributed by atoms with Gasteiger partial charge in [-0.15, -0.1) is 10.2 Å². The van der Waals surface area contributed by atoms with E-state index in [9.17, 15) is 4.79 Å². The molecule has 0 radical (unpaired) electrons. The molecule has 8 heteroatoms. The lowest BCUT2D eigenvalue weighted by atomic mass is 10.2. The second-order valence-corrected chi connectivity index (χ2v) is 6.49. The smallest absolute Gasteiger partial charge is 0.277 e. The first-order chi connectivity index (χ1) is 13.2. The maximum atomic E-state index is 12.2. The van der Waals surface area contributed by atoms with E-state index < -0.39 is 0 Å². The summed E-state index contributed by atoms with van der Waals surface area (Å²) in [5.74, 6) is 1.66. The van der Waals surface area contributed by atoms with Gasteiger partial charge in [0.2, 0.25) is 11.8 Å². The Kier molecular flexibility index (Phi) is 6.32. The van der Waals surface area contributed by atoms with Gasteiger partial charge in [0.25, 0.3) is 5.22 Å². The molecule has 1 N–H and O–H groups in total. The molecule has 0 spiro atoms. The first-order valence-electron chi connectivity index (χ1n) is 8.18. The number of nitrogens with zero attached hydrogens (tertiary/aromatic N) is 2. The molecule has 0 saturated carbocycles. The Labute approximate surface area is 161 Å². The Morgan fingerprint density at radius 1 is 1.07 bits per heavy atom. The zero-order chi connectivity index (χ0) is 19.1. The first kappa shape index (κ1) is 18.8. The van der Waals surface area contributed by atoms with Gasteiger partial charge in [-0.1, -0.05) is 42.1 Å². The van der Waals surface area contributed by atoms with E-state index in [1.807, 2.05) is 30.3 Å². The molecule has 2 aromatic carbocycles. The predicted octanol–water partition coefficient (Wildman–Crippen LogP) is 3.41. The van der Waals surface area contributed by atoms with Crippen LogP contribution < -0.4 is 14.8 Å². The van der Waals surface area contributed by atoms with Crippen LogP contribution in [0.2, 0.25) is 0 Å². The van der Waals surface area contributed by atoms with Crippen molar-refractivity contribution in [2.75, 3.05) is 25.3 Å². The van der Waals surface area contributed by atoms with E-state index in [-0.39, 0.29) is 11.7 Å². The van der Waals surface area contributed by atoms with Crippen LogP contribution in [0.1, 0.15) is 11.5 Å². The number of carbonyl (C=O) groups is 1. The lowest BCUT2D eigenvalue weighted by Gasteiger charge is -2.09. The molecular weight excluding hydrogens is 366 g/mol. The Bertz CT molecular complexity index is 877. The summed E-state index contributed by atoms with van der Waals surface area (Å²) in [6.45, 7) is 0. The second kappa shape index (κ2) is 9.09. The summed E-state index contributed by atoms with van der Waals surface area (Å²) in [4.78, 5) is 12.2. The molecule has 3 aromatic rings. The van der Waals surface area contributed by atoms with E-state index >= 15 is 0 Å². The van der Waals surface area contributed by atoms with E-state index in [0.29, 0.717) is 34.7 Å². The van der Waals surface area contributed by atoms with Crippen molar-refractivity contribution in [2.45, 2.75) is 11.6 Å². The maximum absolute atomic E-state index is 12.2. The summed E-state index contributed by atoms with van der Waals surface area (Å²) < 4.78 is 16.0. The molecule has 140 valence electrons. The highest BCUT2D eigenvalue weighted by Crippen LogP contribution is 2.26. The van der Waals surface area contributed by atoms with Crippen LogP contribution >= 0.6 is 11.8 Å². The summed E-state index contributed by atoms with van der Waals surface area (Å²) in [7, 11) is 3.11. The molecule has 0 unspecified atom stereocenters. The van der Waals surface area contributed by atoms with Crippen molar-refractivity contribution in [1.82, 2.24) is 10.2 Å². The number of hydrogen-bond donors (Lipinski definition) is 1. The summed E-state index contributed by atoms with van der Waals surface area (Å²) in [6.07, 6.45) is 0.560. The molecule has 3 rings (SSSR count). The molecule has 7 nitrogen and oxygen atoms in total. The molecule has 0 fully saturated rings. The number of anilines is 1. The fourth-order valence-electron chi connectivity index (χ4n) is 2.34. The number of hydrogen-bond acceptors (Lipinski definition) is 7. The fraction of sp³-hybridized carbons (Fsp3) is 0.211. The number of benzene rings is 2. The normalized spacial score (nSPS) is 10.4. The number of thioether (sulfide) groups is 1. The zero-order valence-corrected chi connectivity index (χ0v) is 15.8. The minimum absolute atomic E-state index is 0.145. The van der Waals surface area contributed by atoms with E-state index in [1.54, 1.807) is 32.4 Å². The van der Waals surface area contributed by atoms with Gasteiger partial charge in [0.1, 0.15) is 11.5 Å². The van der Waals surface area contributed by atoms with Crippen LogP contribution in [0.4, 0.5) is 5.69 Å². The van der Waals surface area contributed by atoms with Crippen LogP contribution in [0, 0.1) is 0 Å². The molecule has 0 aliphatic heterocycles. The molecule has 1 heterocycles. The van der Waals surface area contributed by atoms with Crippen molar-refractivity contribution in [1.29, 1.82) is 0 Å². The van der Waals surface area contributed by atoms with Crippen LogP contribution in [0.15, 0.2) is 58.2 Å². The number of ether oxygens (including phenoxy) is 2. The number of methoxy groups -OCH3 is 2. The summed E-state index contributed by atoms with van der Waals surface area (Å²) >= 11 is 1.18. The average molecular weight is 385 g/mol. The Balaban J connectivity index is 1.54. The highest BCUT2D eigenvalue weighted by Gasteiger charge is 2.11. The monoisotopic (exact) mass is 385 g/mol. The van der Waals surface area contributed by atoms with Crippen molar-refractivity contribution in [3.63, 3.8) is 0 Å². The largest absolute Gasteiger partial charge is 0.497 e. The van der Waals surface area contributed by atoms with Gasteiger partial charge >= 0.3 is 0 Å². The third kappa shape index (κ3) is 5.49. The molecule has 0 bridgehead atoms. The molecule has 27 heavy (non-hydrogen) atoms. The zero-order valence-electron chi connectivity index (χ0n) is 15.0. The highest BCUT2D eigenvalue weighted by atomic mass is 32.2. The Hall–Kier alpha value is -3.00. The van der Waals surface area contributed by atoms with Gasteiger partial charge in [-0.3, -0.25) is 4.79 Å². The molecule has 0 aliphatic carbocycles. The van der Waals surface area contributed by atoms with Gasteiger partial charge in [-0.2, -0.15) is 0 Å². The fourth-order valence-corrected chi connectivity index (χ4v) is 2.92. The second-order valence-electron chi connectivity index (χ2n) is 5.56. The van der Waals surface area contributed by atoms with E-state index in [4.69, 9.17) is 13.9 Å². The quantitative estimate of drug-likeness (QED) is 0.595.